The van der Waals surface area contributed by atoms with E-state index in [4.69, 9.17) is 11.6 Å². The van der Waals surface area contributed by atoms with E-state index in [0.717, 1.165) is 0 Å². The van der Waals surface area contributed by atoms with Crippen molar-refractivity contribution in [2.45, 2.75) is 12.6 Å². The fourth-order valence-electron chi connectivity index (χ4n) is 1.79. The third-order valence-corrected chi connectivity index (χ3v) is 3.34. The minimum absolute atomic E-state index is 0.276. The Hall–Kier alpha value is -2.08. The van der Waals surface area contributed by atoms with Crippen LogP contribution in [0.4, 0.5) is 10.2 Å². The van der Waals surface area contributed by atoms with Crippen LogP contribution in [0, 0.1) is 5.92 Å². The van der Waals surface area contributed by atoms with Crippen LogP contribution in [0.3, 0.4) is 0 Å². The Morgan fingerprint density at radius 2 is 2.25 bits per heavy atom. The van der Waals surface area contributed by atoms with Gasteiger partial charge in [-0.25, -0.2) is 14.4 Å². The summed E-state index contributed by atoms with van der Waals surface area (Å²) in [5, 5.41) is 3.07. The maximum atomic E-state index is 12.8. The first-order valence-electron chi connectivity index (χ1n) is 6.02. The molecule has 1 fully saturated rings. The number of pyridine rings is 1. The van der Waals surface area contributed by atoms with Gasteiger partial charge in [0.15, 0.2) is 0 Å². The quantitative estimate of drug-likeness (QED) is 0.944. The first-order chi connectivity index (χ1) is 9.65. The number of nitrogens with one attached hydrogen (secondary N) is 1. The maximum absolute atomic E-state index is 12.8. The lowest BCUT2D eigenvalue weighted by atomic mass is 10.2. The first kappa shape index (κ1) is 12.9. The second-order valence-electron chi connectivity index (χ2n) is 4.49. The van der Waals surface area contributed by atoms with Gasteiger partial charge in [0.2, 0.25) is 5.91 Å². The van der Waals surface area contributed by atoms with Crippen molar-refractivity contribution < 1.29 is 9.18 Å². The topological polar surface area (TPSA) is 67.8 Å². The zero-order valence-electron chi connectivity index (χ0n) is 10.3. The van der Waals surface area contributed by atoms with Crippen LogP contribution < -0.4 is 5.32 Å². The normalized spacial score (nSPS) is 20.5. The molecule has 7 heteroatoms. The summed E-state index contributed by atoms with van der Waals surface area (Å²) in [6.45, 7) is 0. The second kappa shape index (κ2) is 5.13. The van der Waals surface area contributed by atoms with Gasteiger partial charge in [-0.3, -0.25) is 9.78 Å². The van der Waals surface area contributed by atoms with Gasteiger partial charge >= 0.3 is 0 Å². The van der Waals surface area contributed by atoms with Crippen LogP contribution in [0.25, 0.3) is 11.3 Å². The molecule has 0 saturated heterocycles. The molecule has 0 unspecified atom stereocenters. The Balaban J connectivity index is 1.83. The highest BCUT2D eigenvalue weighted by atomic mass is 35.5. The molecule has 1 N–H and O–H groups in total. The van der Waals surface area contributed by atoms with Gasteiger partial charge in [0.1, 0.15) is 18.3 Å². The number of nitrogens with zero attached hydrogens (tertiary/aromatic N) is 3. The summed E-state index contributed by atoms with van der Waals surface area (Å²) < 4.78 is 12.8. The van der Waals surface area contributed by atoms with Gasteiger partial charge in [-0.1, -0.05) is 11.6 Å². The van der Waals surface area contributed by atoms with Crippen LogP contribution >= 0.6 is 11.6 Å². The molecule has 102 valence electrons. The summed E-state index contributed by atoms with van der Waals surface area (Å²) >= 11 is 6.06. The molecular weight excluding hydrogens is 283 g/mol. The molecule has 3 rings (SSSR count). The van der Waals surface area contributed by atoms with E-state index in [2.05, 4.69) is 20.3 Å². The lowest BCUT2D eigenvalue weighted by Crippen LogP contribution is -2.16. The number of hydrogen-bond acceptors (Lipinski definition) is 4. The van der Waals surface area contributed by atoms with Crippen molar-refractivity contribution in [3.05, 3.63) is 35.9 Å². The number of alkyl halides is 1. The van der Waals surface area contributed by atoms with Crippen molar-refractivity contribution in [3.8, 4) is 11.3 Å². The lowest BCUT2D eigenvalue weighted by molar-refractivity contribution is -0.117. The van der Waals surface area contributed by atoms with Crippen LogP contribution in [0.15, 0.2) is 30.9 Å². The van der Waals surface area contributed by atoms with Crippen LogP contribution in [0.1, 0.15) is 6.42 Å². The zero-order valence-corrected chi connectivity index (χ0v) is 11.0. The minimum Gasteiger partial charge on any atom is -0.310 e. The van der Waals surface area contributed by atoms with Crippen LogP contribution in [-0.2, 0) is 4.79 Å². The van der Waals surface area contributed by atoms with E-state index in [9.17, 15) is 9.18 Å². The average Bonchev–Trinajstić information content (AvgIpc) is 3.17. The molecule has 1 aliphatic rings. The summed E-state index contributed by atoms with van der Waals surface area (Å²) in [6.07, 6.45) is 3.70. The summed E-state index contributed by atoms with van der Waals surface area (Å²) in [7, 11) is 0. The van der Waals surface area contributed by atoms with E-state index >= 15 is 0 Å². The molecule has 0 radical (unpaired) electrons. The number of hydrogen-bond donors (Lipinski definition) is 1. The van der Waals surface area contributed by atoms with Crippen molar-refractivity contribution in [2.75, 3.05) is 5.32 Å². The highest BCUT2D eigenvalue weighted by Gasteiger charge is 2.43. The van der Waals surface area contributed by atoms with E-state index in [0.29, 0.717) is 22.1 Å². The first-order valence-corrected chi connectivity index (χ1v) is 6.40. The number of aromatic nitrogens is 3. The van der Waals surface area contributed by atoms with E-state index in [1.54, 1.807) is 24.5 Å². The summed E-state index contributed by atoms with van der Waals surface area (Å²) in [5.41, 5.74) is 1.18. The monoisotopic (exact) mass is 292 g/mol. The molecule has 2 aromatic heterocycles. The van der Waals surface area contributed by atoms with Crippen molar-refractivity contribution in [1.82, 2.24) is 15.0 Å². The molecule has 20 heavy (non-hydrogen) atoms. The number of carbonyl (C=O) groups excluding carboxylic acids is 1. The number of carbonyl (C=O) groups is 1. The summed E-state index contributed by atoms with van der Waals surface area (Å²) in [4.78, 5) is 23.7. The highest BCUT2D eigenvalue weighted by Crippen LogP contribution is 2.34. The van der Waals surface area contributed by atoms with E-state index in [1.807, 2.05) is 0 Å². The predicted molar refractivity (Wildman–Crippen MR) is 71.9 cm³/mol. The molecule has 1 saturated carbocycles. The Morgan fingerprint density at radius 3 is 2.95 bits per heavy atom. The molecule has 0 aromatic carbocycles. The van der Waals surface area contributed by atoms with Crippen LogP contribution in [-0.4, -0.2) is 27.0 Å². The molecular formula is C13H10ClFN4O. The fourth-order valence-corrected chi connectivity index (χ4v) is 2.00. The van der Waals surface area contributed by atoms with Gasteiger partial charge in [-0.2, -0.15) is 0 Å². The van der Waals surface area contributed by atoms with E-state index < -0.39 is 12.1 Å². The van der Waals surface area contributed by atoms with E-state index in [-0.39, 0.29) is 12.3 Å². The Bertz CT molecular complexity index is 666. The molecule has 1 aliphatic carbocycles. The average molecular weight is 293 g/mol. The van der Waals surface area contributed by atoms with Gasteiger partial charge in [0.25, 0.3) is 0 Å². The van der Waals surface area contributed by atoms with Crippen molar-refractivity contribution in [3.63, 3.8) is 0 Å². The number of anilines is 1. The molecule has 0 bridgehead atoms. The molecule has 2 atom stereocenters. The predicted octanol–water partition coefficient (Wildman–Crippen LogP) is 2.49. The molecule has 2 heterocycles. The summed E-state index contributed by atoms with van der Waals surface area (Å²) in [6, 6.07) is 3.23. The Kier molecular flexibility index (Phi) is 3.31. The number of halogens is 2. The van der Waals surface area contributed by atoms with Crippen molar-refractivity contribution in [2.24, 2.45) is 5.92 Å². The fraction of sp³-hybridized carbons (Fsp3) is 0.231. The molecule has 5 nitrogen and oxygen atoms in total. The maximum Gasteiger partial charge on any atom is 0.231 e. The molecule has 1 amide bonds. The minimum atomic E-state index is -1.04. The SMILES string of the molecule is O=C(Nc1cc(-c2cnccc2Cl)ncn1)[C@H]1C[C@H]1F. The van der Waals surface area contributed by atoms with Gasteiger partial charge in [-0.05, 0) is 12.5 Å². The third kappa shape index (κ3) is 2.60. The molecule has 0 aliphatic heterocycles. The van der Waals surface area contributed by atoms with Crippen molar-refractivity contribution >= 4 is 23.3 Å². The Labute approximate surface area is 119 Å². The van der Waals surface area contributed by atoms with Gasteiger partial charge < -0.3 is 5.32 Å². The van der Waals surface area contributed by atoms with Crippen LogP contribution in [0.2, 0.25) is 5.02 Å². The number of rotatable bonds is 3. The van der Waals surface area contributed by atoms with Gasteiger partial charge in [0, 0.05) is 24.0 Å². The highest BCUT2D eigenvalue weighted by molar-refractivity contribution is 6.33. The third-order valence-electron chi connectivity index (χ3n) is 3.01. The standard InChI is InChI=1S/C13H10ClFN4O/c14-9-1-2-16-5-8(9)11-4-12(18-6-17-11)19-13(20)7-3-10(7)15/h1-2,4-7,10H,3H2,(H,17,18,19,20)/t7-,10+/m0/s1. The number of amides is 1. The van der Waals surface area contributed by atoms with Gasteiger partial charge in [0.05, 0.1) is 16.6 Å². The van der Waals surface area contributed by atoms with Gasteiger partial charge in [-0.15, -0.1) is 0 Å². The summed E-state index contributed by atoms with van der Waals surface area (Å²) in [5.74, 6) is -0.603. The Morgan fingerprint density at radius 1 is 1.45 bits per heavy atom. The van der Waals surface area contributed by atoms with E-state index in [1.165, 1.54) is 6.33 Å². The molecule has 0 spiro atoms. The molecule has 2 aromatic rings. The largest absolute Gasteiger partial charge is 0.310 e. The lowest BCUT2D eigenvalue weighted by Gasteiger charge is -2.06. The smallest absolute Gasteiger partial charge is 0.231 e. The van der Waals surface area contributed by atoms with Crippen molar-refractivity contribution in [1.29, 1.82) is 0 Å². The van der Waals surface area contributed by atoms with Crippen LogP contribution in [0.5, 0.6) is 0 Å². The second-order valence-corrected chi connectivity index (χ2v) is 4.90. The zero-order chi connectivity index (χ0) is 14.1.